The first-order chi connectivity index (χ1) is 16.9. The molecule has 4 rings (SSSR count). The molecule has 2 amide bonds. The van der Waals surface area contributed by atoms with E-state index in [9.17, 15) is 9.59 Å². The van der Waals surface area contributed by atoms with Crippen molar-refractivity contribution < 1.29 is 28.5 Å². The van der Waals surface area contributed by atoms with Gasteiger partial charge in [0.2, 0.25) is 11.8 Å². The van der Waals surface area contributed by atoms with Gasteiger partial charge >= 0.3 is 0 Å². The summed E-state index contributed by atoms with van der Waals surface area (Å²) in [6.45, 7) is 4.98. The topological polar surface area (TPSA) is 90.4 Å². The van der Waals surface area contributed by atoms with Crippen LogP contribution in [0.4, 0.5) is 0 Å². The van der Waals surface area contributed by atoms with Gasteiger partial charge in [-0.05, 0) is 36.8 Å². The molecule has 0 bridgehead atoms. The molecule has 0 aliphatic carbocycles. The molecule has 2 aliphatic rings. The molecule has 2 aliphatic heterocycles. The molecule has 0 spiro atoms. The molecule has 1 aromatic carbocycles. The Kier molecular flexibility index (Phi) is 8.10. The monoisotopic (exact) mass is 503 g/mol. The third kappa shape index (κ3) is 6.22. The van der Waals surface area contributed by atoms with E-state index in [2.05, 4.69) is 4.98 Å². The Morgan fingerprint density at radius 1 is 1.11 bits per heavy atom. The SMILES string of the molecule is COc1cc(C(=O)N2CCO[C@@](COc3ccc(Cl)c(C)c3)(CC(=O)N3CCOCC3)C2)ccn1. The summed E-state index contributed by atoms with van der Waals surface area (Å²) in [5, 5.41) is 0.646. The van der Waals surface area contributed by atoms with Gasteiger partial charge in [-0.25, -0.2) is 4.98 Å². The number of carbonyl (C=O) groups is 2. The van der Waals surface area contributed by atoms with Crippen LogP contribution in [-0.2, 0) is 14.3 Å². The van der Waals surface area contributed by atoms with Crippen LogP contribution in [0.2, 0.25) is 5.02 Å². The molecule has 0 unspecified atom stereocenters. The van der Waals surface area contributed by atoms with Gasteiger partial charge in [0.15, 0.2) is 0 Å². The van der Waals surface area contributed by atoms with Gasteiger partial charge in [-0.1, -0.05) is 11.6 Å². The highest BCUT2D eigenvalue weighted by atomic mass is 35.5. The molecule has 188 valence electrons. The van der Waals surface area contributed by atoms with Crippen LogP contribution in [0.15, 0.2) is 36.5 Å². The zero-order valence-corrected chi connectivity index (χ0v) is 20.8. The third-order valence-electron chi connectivity index (χ3n) is 6.20. The molecule has 10 heteroatoms. The molecule has 2 saturated heterocycles. The van der Waals surface area contributed by atoms with Crippen molar-refractivity contribution in [3.63, 3.8) is 0 Å². The highest BCUT2D eigenvalue weighted by Crippen LogP contribution is 2.28. The van der Waals surface area contributed by atoms with Crippen molar-refractivity contribution in [3.05, 3.63) is 52.7 Å². The van der Waals surface area contributed by atoms with Gasteiger partial charge in [-0.15, -0.1) is 0 Å². The predicted molar refractivity (Wildman–Crippen MR) is 129 cm³/mol. The van der Waals surface area contributed by atoms with Crippen LogP contribution >= 0.6 is 11.6 Å². The summed E-state index contributed by atoms with van der Waals surface area (Å²) in [6, 6.07) is 8.64. The van der Waals surface area contributed by atoms with Crippen LogP contribution in [0, 0.1) is 6.92 Å². The van der Waals surface area contributed by atoms with Crippen LogP contribution in [-0.4, -0.2) is 91.9 Å². The number of methoxy groups -OCH3 is 1. The van der Waals surface area contributed by atoms with Crippen LogP contribution in [0.3, 0.4) is 0 Å². The van der Waals surface area contributed by atoms with Crippen LogP contribution in [0.1, 0.15) is 22.3 Å². The fourth-order valence-electron chi connectivity index (χ4n) is 4.22. The lowest BCUT2D eigenvalue weighted by Crippen LogP contribution is -2.58. The van der Waals surface area contributed by atoms with Crippen molar-refractivity contribution in [3.8, 4) is 11.6 Å². The van der Waals surface area contributed by atoms with E-state index in [-0.39, 0.29) is 38.0 Å². The van der Waals surface area contributed by atoms with E-state index in [0.717, 1.165) is 5.56 Å². The quantitative estimate of drug-likeness (QED) is 0.573. The van der Waals surface area contributed by atoms with Crippen molar-refractivity contribution in [1.29, 1.82) is 0 Å². The molecule has 3 heterocycles. The van der Waals surface area contributed by atoms with Crippen molar-refractivity contribution in [1.82, 2.24) is 14.8 Å². The van der Waals surface area contributed by atoms with Crippen LogP contribution in [0.25, 0.3) is 0 Å². The average Bonchev–Trinajstić information content (AvgIpc) is 2.89. The van der Waals surface area contributed by atoms with Crippen molar-refractivity contribution in [2.75, 3.05) is 59.7 Å². The van der Waals surface area contributed by atoms with E-state index in [1.165, 1.54) is 13.3 Å². The number of hydrogen-bond donors (Lipinski definition) is 0. The molecule has 2 aromatic rings. The van der Waals surface area contributed by atoms with Gasteiger partial charge in [0.1, 0.15) is 18.0 Å². The zero-order valence-electron chi connectivity index (χ0n) is 20.0. The summed E-state index contributed by atoms with van der Waals surface area (Å²) in [5.41, 5.74) is 0.338. The Morgan fingerprint density at radius 3 is 2.63 bits per heavy atom. The lowest BCUT2D eigenvalue weighted by atomic mass is 9.96. The molecule has 1 atom stereocenters. The molecule has 0 N–H and O–H groups in total. The molecule has 0 radical (unpaired) electrons. The minimum Gasteiger partial charge on any atom is -0.490 e. The number of aromatic nitrogens is 1. The number of pyridine rings is 1. The van der Waals surface area contributed by atoms with Gasteiger partial charge < -0.3 is 28.7 Å². The van der Waals surface area contributed by atoms with E-state index < -0.39 is 5.60 Å². The Hall–Kier alpha value is -2.88. The minimum absolute atomic E-state index is 0.0518. The Bertz CT molecular complexity index is 1060. The zero-order chi connectivity index (χ0) is 24.8. The molecule has 2 fully saturated rings. The fourth-order valence-corrected chi connectivity index (χ4v) is 4.34. The van der Waals surface area contributed by atoms with Gasteiger partial charge in [0.05, 0.1) is 39.9 Å². The van der Waals surface area contributed by atoms with Gasteiger partial charge in [-0.2, -0.15) is 0 Å². The second-order valence-electron chi connectivity index (χ2n) is 8.71. The molecule has 0 saturated carbocycles. The maximum Gasteiger partial charge on any atom is 0.254 e. The fraction of sp³-hybridized carbons (Fsp3) is 0.480. The van der Waals surface area contributed by atoms with Crippen LogP contribution in [0.5, 0.6) is 11.6 Å². The molecule has 35 heavy (non-hydrogen) atoms. The standard InChI is InChI=1S/C25H30ClN3O6/c1-18-13-20(3-4-21(18)26)34-17-25(15-23(30)28-7-10-33-11-8-28)16-29(9-12-35-25)24(31)19-5-6-27-22(14-19)32-2/h3-6,13-14H,7-12,15-17H2,1-2H3/t25-/m0/s1. The predicted octanol–water partition coefficient (Wildman–Crippen LogP) is 2.59. The number of nitrogens with zero attached hydrogens (tertiary/aromatic N) is 3. The molecule has 9 nitrogen and oxygen atoms in total. The van der Waals surface area contributed by atoms with E-state index >= 15 is 0 Å². The van der Waals surface area contributed by atoms with E-state index in [1.54, 1.807) is 34.1 Å². The molecule has 1 aromatic heterocycles. The second-order valence-corrected chi connectivity index (χ2v) is 9.12. The van der Waals surface area contributed by atoms with E-state index in [1.807, 2.05) is 13.0 Å². The number of carbonyl (C=O) groups excluding carboxylic acids is 2. The normalized spacial score (nSPS) is 20.4. The summed E-state index contributed by atoms with van der Waals surface area (Å²) >= 11 is 6.15. The number of aryl methyl sites for hydroxylation is 1. The maximum absolute atomic E-state index is 13.3. The number of morpholine rings is 2. The Morgan fingerprint density at radius 2 is 1.89 bits per heavy atom. The smallest absolute Gasteiger partial charge is 0.254 e. The average molecular weight is 504 g/mol. The maximum atomic E-state index is 13.3. The number of benzene rings is 1. The van der Waals surface area contributed by atoms with Gasteiger partial charge in [-0.3, -0.25) is 9.59 Å². The van der Waals surface area contributed by atoms with Gasteiger partial charge in [0.25, 0.3) is 5.91 Å². The summed E-state index contributed by atoms with van der Waals surface area (Å²) in [6.07, 6.45) is 1.62. The first kappa shape index (κ1) is 25.2. The number of hydrogen-bond acceptors (Lipinski definition) is 7. The van der Waals surface area contributed by atoms with Gasteiger partial charge in [0, 0.05) is 42.5 Å². The highest BCUT2D eigenvalue weighted by Gasteiger charge is 2.42. The number of ether oxygens (including phenoxy) is 4. The summed E-state index contributed by atoms with van der Waals surface area (Å²) in [7, 11) is 1.50. The van der Waals surface area contributed by atoms with E-state index in [4.69, 9.17) is 30.5 Å². The highest BCUT2D eigenvalue weighted by molar-refractivity contribution is 6.31. The number of halogens is 1. The first-order valence-corrected chi connectivity index (χ1v) is 11.9. The largest absolute Gasteiger partial charge is 0.490 e. The number of rotatable bonds is 7. The Labute approximate surface area is 209 Å². The molecular formula is C25H30ClN3O6. The number of amides is 2. The third-order valence-corrected chi connectivity index (χ3v) is 6.62. The van der Waals surface area contributed by atoms with Crippen molar-refractivity contribution >= 4 is 23.4 Å². The summed E-state index contributed by atoms with van der Waals surface area (Å²) in [5.74, 6) is 0.749. The van der Waals surface area contributed by atoms with E-state index in [0.29, 0.717) is 55.1 Å². The minimum atomic E-state index is -1.01. The lowest BCUT2D eigenvalue weighted by Gasteiger charge is -2.43. The van der Waals surface area contributed by atoms with Crippen molar-refractivity contribution in [2.45, 2.75) is 18.9 Å². The van der Waals surface area contributed by atoms with Crippen LogP contribution < -0.4 is 9.47 Å². The Balaban J connectivity index is 1.54. The van der Waals surface area contributed by atoms with Crippen molar-refractivity contribution in [2.24, 2.45) is 0 Å². The molecular weight excluding hydrogens is 474 g/mol. The summed E-state index contributed by atoms with van der Waals surface area (Å²) < 4.78 is 22.8. The second kappa shape index (κ2) is 11.2. The first-order valence-electron chi connectivity index (χ1n) is 11.6. The summed E-state index contributed by atoms with van der Waals surface area (Å²) in [4.78, 5) is 34.1. The lowest BCUT2D eigenvalue weighted by molar-refractivity contribution is -0.155.